The minimum atomic E-state index is -0.453. The maximum atomic E-state index is 11.5. The van der Waals surface area contributed by atoms with E-state index in [2.05, 4.69) is 20.8 Å². The van der Waals surface area contributed by atoms with Gasteiger partial charge in [0.1, 0.15) is 13.2 Å². The van der Waals surface area contributed by atoms with Crippen molar-refractivity contribution >= 4 is 11.9 Å². The van der Waals surface area contributed by atoms with Crippen LogP contribution in [-0.2, 0) is 23.8 Å². The third kappa shape index (κ3) is 15.6. The van der Waals surface area contributed by atoms with Crippen LogP contribution in [0.1, 0.15) is 60.3 Å². The van der Waals surface area contributed by atoms with Gasteiger partial charge in [-0.05, 0) is 24.2 Å². The second kappa shape index (κ2) is 13.3. The number of carbonyl (C=O) groups is 2. The van der Waals surface area contributed by atoms with Crippen molar-refractivity contribution in [2.24, 2.45) is 17.8 Å². The first-order valence-corrected chi connectivity index (χ1v) is 8.70. The van der Waals surface area contributed by atoms with Crippen LogP contribution in [0.3, 0.4) is 0 Å². The lowest BCUT2D eigenvalue weighted by Gasteiger charge is -2.12. The highest BCUT2D eigenvalue weighted by molar-refractivity contribution is 5.73. The second-order valence-electron chi connectivity index (χ2n) is 7.01. The van der Waals surface area contributed by atoms with E-state index >= 15 is 0 Å². The Bertz CT molecular complexity index is 325. The fourth-order valence-corrected chi connectivity index (χ4v) is 1.95. The van der Waals surface area contributed by atoms with E-state index in [4.69, 9.17) is 14.2 Å². The topological polar surface area (TPSA) is 61.8 Å². The summed E-state index contributed by atoms with van der Waals surface area (Å²) in [6.45, 7) is 10.9. The highest BCUT2D eigenvalue weighted by Crippen LogP contribution is 2.15. The highest BCUT2D eigenvalue weighted by Gasteiger charge is 2.09. The molecule has 0 spiro atoms. The Morgan fingerprint density at radius 3 is 1.96 bits per heavy atom. The lowest BCUT2D eigenvalue weighted by atomic mass is 9.98. The number of rotatable bonds is 13. The van der Waals surface area contributed by atoms with E-state index in [1.807, 2.05) is 13.8 Å². The fourth-order valence-electron chi connectivity index (χ4n) is 1.95. The summed E-state index contributed by atoms with van der Waals surface area (Å²) in [5.74, 6) is 0.686. The lowest BCUT2D eigenvalue weighted by Crippen LogP contribution is -2.20. The van der Waals surface area contributed by atoms with Crippen LogP contribution in [0.15, 0.2) is 0 Å². The predicted octanol–water partition coefficient (Wildman–Crippen LogP) is 3.60. The van der Waals surface area contributed by atoms with Crippen LogP contribution in [0, 0.1) is 17.8 Å². The van der Waals surface area contributed by atoms with E-state index in [1.165, 1.54) is 12.8 Å². The van der Waals surface area contributed by atoms with Crippen molar-refractivity contribution in [3.05, 3.63) is 0 Å². The Balaban J connectivity index is 3.54. The first kappa shape index (κ1) is 21.9. The zero-order valence-electron chi connectivity index (χ0n) is 15.4. The summed E-state index contributed by atoms with van der Waals surface area (Å²) in [5, 5.41) is 0. The summed E-state index contributed by atoms with van der Waals surface area (Å²) in [5.41, 5.74) is 0. The van der Waals surface area contributed by atoms with Crippen LogP contribution in [0.2, 0.25) is 0 Å². The zero-order chi connectivity index (χ0) is 17.7. The average Bonchev–Trinajstić information content (AvgIpc) is 2.44. The minimum absolute atomic E-state index is 0.210. The van der Waals surface area contributed by atoms with Crippen molar-refractivity contribution in [1.29, 1.82) is 0 Å². The van der Waals surface area contributed by atoms with Crippen LogP contribution in [0.25, 0.3) is 0 Å². The number of ether oxygens (including phenoxy) is 3. The Morgan fingerprint density at radius 1 is 0.783 bits per heavy atom. The Kier molecular flexibility index (Phi) is 12.7. The maximum absolute atomic E-state index is 11.5. The molecule has 0 radical (unpaired) electrons. The van der Waals surface area contributed by atoms with Crippen LogP contribution in [0.4, 0.5) is 0 Å². The number of carbonyl (C=O) groups excluding carboxylic acids is 2. The molecule has 0 aromatic heterocycles. The lowest BCUT2D eigenvalue weighted by molar-refractivity contribution is -0.156. The minimum Gasteiger partial charge on any atom is -0.464 e. The van der Waals surface area contributed by atoms with Crippen molar-refractivity contribution in [3.8, 4) is 0 Å². The van der Waals surface area contributed by atoms with E-state index in [9.17, 15) is 9.59 Å². The van der Waals surface area contributed by atoms with E-state index in [0.29, 0.717) is 19.1 Å². The molecule has 0 aromatic rings. The third-order valence-electron chi connectivity index (χ3n) is 3.37. The molecule has 0 amide bonds. The van der Waals surface area contributed by atoms with E-state index < -0.39 is 11.9 Å². The molecule has 1 unspecified atom stereocenters. The quantitative estimate of drug-likeness (QED) is 0.483. The van der Waals surface area contributed by atoms with E-state index in [-0.39, 0.29) is 19.1 Å². The van der Waals surface area contributed by atoms with Crippen LogP contribution in [0.5, 0.6) is 0 Å². The highest BCUT2D eigenvalue weighted by atomic mass is 16.6. The molecule has 23 heavy (non-hydrogen) atoms. The summed E-state index contributed by atoms with van der Waals surface area (Å²) in [4.78, 5) is 22.8. The van der Waals surface area contributed by atoms with Gasteiger partial charge in [0.05, 0.1) is 13.2 Å². The van der Waals surface area contributed by atoms with Gasteiger partial charge in [-0.25, -0.2) is 9.59 Å². The third-order valence-corrected chi connectivity index (χ3v) is 3.37. The van der Waals surface area contributed by atoms with Crippen LogP contribution < -0.4 is 0 Å². The van der Waals surface area contributed by atoms with Gasteiger partial charge in [0, 0.05) is 0 Å². The van der Waals surface area contributed by atoms with Crippen molar-refractivity contribution in [2.45, 2.75) is 60.3 Å². The number of hydrogen-bond acceptors (Lipinski definition) is 5. The summed E-state index contributed by atoms with van der Waals surface area (Å²) in [6.07, 6.45) is 4.48. The van der Waals surface area contributed by atoms with E-state index in [1.54, 1.807) is 0 Å². The first-order chi connectivity index (χ1) is 10.8. The monoisotopic (exact) mass is 330 g/mol. The summed E-state index contributed by atoms with van der Waals surface area (Å²) >= 11 is 0. The molecule has 5 heteroatoms. The smallest absolute Gasteiger partial charge is 0.332 e. The summed E-state index contributed by atoms with van der Waals surface area (Å²) < 4.78 is 15.0. The fraction of sp³-hybridized carbons (Fsp3) is 0.889. The van der Waals surface area contributed by atoms with Crippen molar-refractivity contribution in [3.63, 3.8) is 0 Å². The molecule has 0 fully saturated rings. The van der Waals surface area contributed by atoms with Crippen LogP contribution in [-0.4, -0.2) is 38.4 Å². The summed E-state index contributed by atoms with van der Waals surface area (Å²) in [6, 6.07) is 0. The summed E-state index contributed by atoms with van der Waals surface area (Å²) in [7, 11) is 0. The number of esters is 2. The molecule has 0 aliphatic carbocycles. The van der Waals surface area contributed by atoms with E-state index in [0.717, 1.165) is 18.8 Å². The molecule has 0 saturated heterocycles. The van der Waals surface area contributed by atoms with Gasteiger partial charge in [-0.1, -0.05) is 53.9 Å². The molecule has 0 aliphatic heterocycles. The van der Waals surface area contributed by atoms with Crippen molar-refractivity contribution < 1.29 is 23.8 Å². The van der Waals surface area contributed by atoms with Crippen molar-refractivity contribution in [1.82, 2.24) is 0 Å². The van der Waals surface area contributed by atoms with Gasteiger partial charge < -0.3 is 14.2 Å². The first-order valence-electron chi connectivity index (χ1n) is 8.70. The molecule has 0 bridgehead atoms. The second-order valence-corrected chi connectivity index (χ2v) is 7.01. The molecule has 0 aliphatic rings. The molecule has 0 aromatic carbocycles. The Hall–Kier alpha value is -1.10. The van der Waals surface area contributed by atoms with Gasteiger partial charge in [-0.3, -0.25) is 0 Å². The van der Waals surface area contributed by atoms with Gasteiger partial charge in [0.15, 0.2) is 0 Å². The molecular formula is C18H34O5. The van der Waals surface area contributed by atoms with Gasteiger partial charge in [0.25, 0.3) is 0 Å². The average molecular weight is 330 g/mol. The molecule has 5 nitrogen and oxygen atoms in total. The van der Waals surface area contributed by atoms with Crippen LogP contribution >= 0.6 is 0 Å². The molecular weight excluding hydrogens is 296 g/mol. The number of hydrogen-bond donors (Lipinski definition) is 0. The molecule has 0 saturated carbocycles. The SMILES string of the molecule is CC(C)CCCC(C)CCOC(=O)COCC(=O)OCC(C)C. The predicted molar refractivity (Wildman–Crippen MR) is 90.0 cm³/mol. The molecule has 0 rings (SSSR count). The Morgan fingerprint density at radius 2 is 1.39 bits per heavy atom. The molecule has 0 N–H and O–H groups in total. The van der Waals surface area contributed by atoms with Gasteiger partial charge in [0.2, 0.25) is 0 Å². The normalized spacial score (nSPS) is 12.5. The molecule has 1 atom stereocenters. The largest absolute Gasteiger partial charge is 0.464 e. The Labute approximate surface area is 141 Å². The van der Waals surface area contributed by atoms with Gasteiger partial charge >= 0.3 is 11.9 Å². The van der Waals surface area contributed by atoms with Gasteiger partial charge in [-0.15, -0.1) is 0 Å². The van der Waals surface area contributed by atoms with Crippen molar-refractivity contribution in [2.75, 3.05) is 26.4 Å². The zero-order valence-corrected chi connectivity index (χ0v) is 15.4. The standard InChI is InChI=1S/C18H34O5/c1-14(2)7-6-8-16(5)9-10-22-17(19)12-21-13-18(20)23-11-15(3)4/h14-16H,6-13H2,1-5H3. The molecule has 136 valence electrons. The van der Waals surface area contributed by atoms with Gasteiger partial charge in [-0.2, -0.15) is 0 Å². The maximum Gasteiger partial charge on any atom is 0.332 e. The molecule has 0 heterocycles.